The predicted octanol–water partition coefficient (Wildman–Crippen LogP) is 0.0111. The Morgan fingerprint density at radius 3 is 3.08 bits per heavy atom. The van der Waals surface area contributed by atoms with Gasteiger partial charge in [-0.2, -0.15) is 0 Å². The molecular formula is C8H14N2O3. The number of carbonyl (C=O) groups excluding carboxylic acids is 2. The maximum absolute atomic E-state index is 10.8. The first-order chi connectivity index (χ1) is 6.22. The van der Waals surface area contributed by atoms with Gasteiger partial charge in [0.1, 0.15) is 0 Å². The smallest absolute Gasteiger partial charge is 0.407 e. The molecule has 1 saturated heterocycles. The molecule has 2 amide bonds. The van der Waals surface area contributed by atoms with E-state index >= 15 is 0 Å². The van der Waals surface area contributed by atoms with Gasteiger partial charge in [0.25, 0.3) is 0 Å². The summed E-state index contributed by atoms with van der Waals surface area (Å²) in [5, 5.41) is 5.31. The fourth-order valence-electron chi connectivity index (χ4n) is 1.22. The summed E-state index contributed by atoms with van der Waals surface area (Å²) < 4.78 is 4.67. The van der Waals surface area contributed by atoms with Gasteiger partial charge in [0.15, 0.2) is 0 Å². The molecule has 2 N–H and O–H groups in total. The Bertz CT molecular complexity index is 206. The molecule has 0 saturated carbocycles. The molecule has 0 aromatic heterocycles. The van der Waals surface area contributed by atoms with E-state index in [1.54, 1.807) is 6.92 Å². The van der Waals surface area contributed by atoms with Crippen LogP contribution in [-0.4, -0.2) is 31.2 Å². The van der Waals surface area contributed by atoms with E-state index in [-0.39, 0.29) is 11.9 Å². The highest BCUT2D eigenvalue weighted by Gasteiger charge is 2.20. The average Bonchev–Trinajstić information content (AvgIpc) is 2.49. The van der Waals surface area contributed by atoms with E-state index in [2.05, 4.69) is 15.4 Å². The number of nitrogens with one attached hydrogen (secondary N) is 2. The first-order valence-electron chi connectivity index (χ1n) is 4.42. The zero-order valence-electron chi connectivity index (χ0n) is 7.63. The summed E-state index contributed by atoms with van der Waals surface area (Å²) in [7, 11) is 0. The quantitative estimate of drug-likeness (QED) is 0.652. The Morgan fingerprint density at radius 1 is 1.77 bits per heavy atom. The number of rotatable bonds is 3. The van der Waals surface area contributed by atoms with Gasteiger partial charge in [-0.1, -0.05) is 0 Å². The lowest BCUT2D eigenvalue weighted by molar-refractivity contribution is -0.119. The molecule has 1 aliphatic rings. The second-order valence-electron chi connectivity index (χ2n) is 2.90. The van der Waals surface area contributed by atoms with Crippen LogP contribution in [0.2, 0.25) is 0 Å². The highest BCUT2D eigenvalue weighted by atomic mass is 16.5. The van der Waals surface area contributed by atoms with Crippen LogP contribution >= 0.6 is 0 Å². The predicted molar refractivity (Wildman–Crippen MR) is 46.2 cm³/mol. The van der Waals surface area contributed by atoms with Gasteiger partial charge in [-0.25, -0.2) is 4.79 Å². The van der Waals surface area contributed by atoms with Gasteiger partial charge in [-0.15, -0.1) is 0 Å². The van der Waals surface area contributed by atoms with Gasteiger partial charge >= 0.3 is 6.09 Å². The monoisotopic (exact) mass is 186 g/mol. The fraction of sp³-hybridized carbons (Fsp3) is 0.750. The summed E-state index contributed by atoms with van der Waals surface area (Å²) in [5.74, 6) is 0.0515. The molecule has 5 nitrogen and oxygen atoms in total. The molecule has 1 heterocycles. The van der Waals surface area contributed by atoms with Crippen molar-refractivity contribution < 1.29 is 14.3 Å². The topological polar surface area (TPSA) is 67.4 Å². The molecule has 1 aliphatic heterocycles. The van der Waals surface area contributed by atoms with Gasteiger partial charge in [0, 0.05) is 19.0 Å². The SMILES string of the molecule is CCOC(=O)NCC1CCC(=O)N1. The minimum atomic E-state index is -0.427. The maximum atomic E-state index is 10.8. The molecule has 0 radical (unpaired) electrons. The first-order valence-corrected chi connectivity index (χ1v) is 4.42. The summed E-state index contributed by atoms with van der Waals surface area (Å²) in [6.07, 6.45) is 0.907. The van der Waals surface area contributed by atoms with Crippen molar-refractivity contribution in [2.45, 2.75) is 25.8 Å². The van der Waals surface area contributed by atoms with Crippen LogP contribution in [0.25, 0.3) is 0 Å². The third-order valence-corrected chi connectivity index (χ3v) is 1.85. The van der Waals surface area contributed by atoms with Crippen LogP contribution in [0.5, 0.6) is 0 Å². The van der Waals surface area contributed by atoms with E-state index in [0.29, 0.717) is 19.6 Å². The summed E-state index contributed by atoms with van der Waals surface area (Å²) in [6, 6.07) is 0.0666. The first kappa shape index (κ1) is 9.83. The van der Waals surface area contributed by atoms with Gasteiger partial charge in [-0.3, -0.25) is 4.79 Å². The summed E-state index contributed by atoms with van der Waals surface area (Å²) in [5.41, 5.74) is 0. The van der Waals surface area contributed by atoms with Crippen molar-refractivity contribution in [3.63, 3.8) is 0 Å². The van der Waals surface area contributed by atoms with Gasteiger partial charge in [-0.05, 0) is 13.3 Å². The summed E-state index contributed by atoms with van der Waals surface area (Å²) >= 11 is 0. The van der Waals surface area contributed by atoms with Crippen molar-refractivity contribution in [1.82, 2.24) is 10.6 Å². The van der Waals surface area contributed by atoms with Crippen LogP contribution in [0.4, 0.5) is 4.79 Å². The van der Waals surface area contributed by atoms with E-state index in [0.717, 1.165) is 6.42 Å². The van der Waals surface area contributed by atoms with Crippen molar-refractivity contribution in [2.75, 3.05) is 13.2 Å². The second kappa shape index (κ2) is 4.69. The van der Waals surface area contributed by atoms with Crippen molar-refractivity contribution >= 4 is 12.0 Å². The maximum Gasteiger partial charge on any atom is 0.407 e. The minimum Gasteiger partial charge on any atom is -0.450 e. The van der Waals surface area contributed by atoms with E-state index in [1.807, 2.05) is 0 Å². The number of ether oxygens (including phenoxy) is 1. The molecule has 1 atom stereocenters. The largest absolute Gasteiger partial charge is 0.450 e. The van der Waals surface area contributed by atoms with Crippen molar-refractivity contribution in [1.29, 1.82) is 0 Å². The lowest BCUT2D eigenvalue weighted by Gasteiger charge is -2.10. The Hall–Kier alpha value is -1.26. The van der Waals surface area contributed by atoms with Crippen LogP contribution in [0.15, 0.2) is 0 Å². The molecule has 1 rings (SSSR count). The van der Waals surface area contributed by atoms with Crippen LogP contribution in [-0.2, 0) is 9.53 Å². The molecule has 1 fully saturated rings. The Labute approximate surface area is 76.8 Å². The molecule has 0 bridgehead atoms. The highest BCUT2D eigenvalue weighted by molar-refractivity contribution is 5.78. The summed E-state index contributed by atoms with van der Waals surface area (Å²) in [6.45, 7) is 2.56. The molecule has 0 spiro atoms. The third-order valence-electron chi connectivity index (χ3n) is 1.85. The second-order valence-corrected chi connectivity index (χ2v) is 2.90. The number of carbonyl (C=O) groups is 2. The summed E-state index contributed by atoms with van der Waals surface area (Å²) in [4.78, 5) is 21.6. The van der Waals surface area contributed by atoms with E-state index in [1.165, 1.54) is 0 Å². The number of hydrogen-bond donors (Lipinski definition) is 2. The number of hydrogen-bond acceptors (Lipinski definition) is 3. The molecule has 0 aromatic carbocycles. The van der Waals surface area contributed by atoms with E-state index in [9.17, 15) is 9.59 Å². The molecule has 74 valence electrons. The standard InChI is InChI=1S/C8H14N2O3/c1-2-13-8(12)9-5-6-3-4-7(11)10-6/h6H,2-5H2,1H3,(H,9,12)(H,10,11). The molecule has 0 aromatic rings. The Kier molecular flexibility index (Phi) is 3.54. The molecule has 5 heteroatoms. The van der Waals surface area contributed by atoms with Gasteiger partial charge in [0.2, 0.25) is 5.91 Å². The normalized spacial score (nSPS) is 21.0. The van der Waals surface area contributed by atoms with Crippen LogP contribution < -0.4 is 10.6 Å². The van der Waals surface area contributed by atoms with Crippen molar-refractivity contribution in [3.8, 4) is 0 Å². The fourth-order valence-corrected chi connectivity index (χ4v) is 1.22. The minimum absolute atomic E-state index is 0.0515. The van der Waals surface area contributed by atoms with Gasteiger partial charge < -0.3 is 15.4 Å². The third kappa shape index (κ3) is 3.31. The molecule has 0 aliphatic carbocycles. The van der Waals surface area contributed by atoms with Crippen molar-refractivity contribution in [3.05, 3.63) is 0 Å². The molecule has 13 heavy (non-hydrogen) atoms. The Balaban J connectivity index is 2.12. The van der Waals surface area contributed by atoms with Crippen LogP contribution in [0, 0.1) is 0 Å². The zero-order chi connectivity index (χ0) is 9.68. The number of amides is 2. The van der Waals surface area contributed by atoms with Crippen molar-refractivity contribution in [2.24, 2.45) is 0 Å². The highest BCUT2D eigenvalue weighted by Crippen LogP contribution is 2.04. The molecular weight excluding hydrogens is 172 g/mol. The van der Waals surface area contributed by atoms with E-state index < -0.39 is 6.09 Å². The number of alkyl carbamates (subject to hydrolysis) is 1. The van der Waals surface area contributed by atoms with E-state index in [4.69, 9.17) is 0 Å². The van der Waals surface area contributed by atoms with Crippen LogP contribution in [0.3, 0.4) is 0 Å². The zero-order valence-corrected chi connectivity index (χ0v) is 7.63. The van der Waals surface area contributed by atoms with Gasteiger partial charge in [0.05, 0.1) is 6.61 Å². The lowest BCUT2D eigenvalue weighted by atomic mass is 10.2. The lowest BCUT2D eigenvalue weighted by Crippen LogP contribution is -2.38. The molecule has 1 unspecified atom stereocenters. The van der Waals surface area contributed by atoms with Crippen LogP contribution in [0.1, 0.15) is 19.8 Å². The Morgan fingerprint density at radius 2 is 2.54 bits per heavy atom. The average molecular weight is 186 g/mol.